The Morgan fingerprint density at radius 2 is 1.67 bits per heavy atom. The molecular weight excluding hydrogens is 196 g/mol. The molecule has 78 valence electrons. The number of carboxylic acids is 1. The Kier molecular flexibility index (Phi) is 2.00. The summed E-state index contributed by atoms with van der Waals surface area (Å²) in [6.07, 6.45) is 0.810. The number of carbonyl (C=O) groups is 2. The first-order chi connectivity index (χ1) is 7.06. The van der Waals surface area contributed by atoms with E-state index in [1.165, 1.54) is 24.3 Å². The van der Waals surface area contributed by atoms with Crippen LogP contribution in [0.1, 0.15) is 23.2 Å². The fraction of sp³-hybridized carbons (Fsp3) is 0.273. The Bertz CT molecular complexity index is 415. The van der Waals surface area contributed by atoms with Gasteiger partial charge >= 0.3 is 5.97 Å². The molecule has 4 heteroatoms. The lowest BCUT2D eigenvalue weighted by Crippen LogP contribution is -2.25. The number of hydrogen-bond donors (Lipinski definition) is 2. The number of Topliss-reactive ketones (excluding diaryl/α,β-unsaturated/α-hetero) is 1. The van der Waals surface area contributed by atoms with Crippen LogP contribution < -0.4 is 0 Å². The molecule has 1 saturated carbocycles. The molecule has 0 bridgehead atoms. The summed E-state index contributed by atoms with van der Waals surface area (Å²) in [6.45, 7) is 0. The van der Waals surface area contributed by atoms with E-state index in [0.29, 0.717) is 18.4 Å². The van der Waals surface area contributed by atoms with E-state index in [1.54, 1.807) is 0 Å². The number of phenolic OH excluding ortho intramolecular Hbond substituents is 1. The molecule has 0 aromatic heterocycles. The van der Waals surface area contributed by atoms with E-state index in [9.17, 15) is 9.59 Å². The minimum absolute atomic E-state index is 0.0618. The van der Waals surface area contributed by atoms with E-state index in [0.717, 1.165) is 0 Å². The summed E-state index contributed by atoms with van der Waals surface area (Å²) in [7, 11) is 0. The average molecular weight is 206 g/mol. The lowest BCUT2D eigenvalue weighted by molar-refractivity contribution is -0.141. The molecular formula is C11H10O4. The SMILES string of the molecule is O=C(O)C1(C(=O)c2ccc(O)cc2)CC1. The minimum atomic E-state index is -1.20. The van der Waals surface area contributed by atoms with E-state index in [4.69, 9.17) is 10.2 Å². The van der Waals surface area contributed by atoms with Gasteiger partial charge in [-0.3, -0.25) is 9.59 Å². The Balaban J connectivity index is 2.29. The second-order valence-electron chi connectivity index (χ2n) is 3.76. The first kappa shape index (κ1) is 9.71. The number of carbonyl (C=O) groups excluding carboxylic acids is 1. The number of benzene rings is 1. The van der Waals surface area contributed by atoms with Crippen molar-refractivity contribution in [3.05, 3.63) is 29.8 Å². The van der Waals surface area contributed by atoms with Gasteiger partial charge in [-0.25, -0.2) is 0 Å². The third-order valence-corrected chi connectivity index (χ3v) is 2.72. The smallest absolute Gasteiger partial charge is 0.317 e. The molecule has 0 radical (unpaired) electrons. The fourth-order valence-corrected chi connectivity index (χ4v) is 1.55. The van der Waals surface area contributed by atoms with Gasteiger partial charge in [0.1, 0.15) is 11.2 Å². The van der Waals surface area contributed by atoms with Gasteiger partial charge in [0.2, 0.25) is 0 Å². The second kappa shape index (κ2) is 3.08. The number of aliphatic carboxylic acids is 1. The molecule has 1 aromatic carbocycles. The number of ketones is 1. The van der Waals surface area contributed by atoms with Crippen LogP contribution in [0.5, 0.6) is 5.75 Å². The Labute approximate surface area is 86.2 Å². The van der Waals surface area contributed by atoms with Crippen molar-refractivity contribution >= 4 is 11.8 Å². The highest BCUT2D eigenvalue weighted by molar-refractivity contribution is 6.14. The van der Waals surface area contributed by atoms with Gasteiger partial charge in [-0.05, 0) is 37.1 Å². The molecule has 2 rings (SSSR count). The molecule has 1 aromatic rings. The van der Waals surface area contributed by atoms with E-state index >= 15 is 0 Å². The summed E-state index contributed by atoms with van der Waals surface area (Å²) >= 11 is 0. The van der Waals surface area contributed by atoms with E-state index < -0.39 is 11.4 Å². The van der Waals surface area contributed by atoms with Crippen LogP contribution >= 0.6 is 0 Å². The predicted octanol–water partition coefficient (Wildman–Crippen LogP) is 1.44. The van der Waals surface area contributed by atoms with Gasteiger partial charge in [0, 0.05) is 5.56 Å². The molecule has 2 N–H and O–H groups in total. The molecule has 0 spiro atoms. The van der Waals surface area contributed by atoms with Gasteiger partial charge in [-0.1, -0.05) is 0 Å². The standard InChI is InChI=1S/C11H10O4/c12-8-3-1-7(2-4-8)9(13)11(5-6-11)10(14)15/h1-4,12H,5-6H2,(H,14,15). The number of hydrogen-bond acceptors (Lipinski definition) is 3. The Hall–Kier alpha value is -1.84. The summed E-state index contributed by atoms with van der Waals surface area (Å²) in [6, 6.07) is 5.65. The molecule has 1 aliphatic rings. The monoisotopic (exact) mass is 206 g/mol. The first-order valence-corrected chi connectivity index (χ1v) is 4.63. The maximum atomic E-state index is 11.8. The summed E-state index contributed by atoms with van der Waals surface area (Å²) < 4.78 is 0. The van der Waals surface area contributed by atoms with Gasteiger partial charge in [-0.15, -0.1) is 0 Å². The molecule has 0 heterocycles. The van der Waals surface area contributed by atoms with Gasteiger partial charge in [0.25, 0.3) is 0 Å². The molecule has 0 aliphatic heterocycles. The second-order valence-corrected chi connectivity index (χ2v) is 3.76. The van der Waals surface area contributed by atoms with E-state index in [1.807, 2.05) is 0 Å². The quantitative estimate of drug-likeness (QED) is 0.579. The molecule has 0 saturated heterocycles. The fourth-order valence-electron chi connectivity index (χ4n) is 1.55. The molecule has 15 heavy (non-hydrogen) atoms. The lowest BCUT2D eigenvalue weighted by Gasteiger charge is -2.07. The maximum Gasteiger partial charge on any atom is 0.317 e. The van der Waals surface area contributed by atoms with Crippen LogP contribution in [-0.4, -0.2) is 22.0 Å². The lowest BCUT2D eigenvalue weighted by atomic mass is 9.95. The van der Waals surface area contributed by atoms with Crippen LogP contribution in [0.4, 0.5) is 0 Å². The number of phenols is 1. The summed E-state index contributed by atoms with van der Waals surface area (Å²) in [5, 5.41) is 18.0. The average Bonchev–Trinajstić information content (AvgIpc) is 2.98. The third-order valence-electron chi connectivity index (χ3n) is 2.72. The summed E-state index contributed by atoms with van der Waals surface area (Å²) in [5.41, 5.74) is -0.857. The summed E-state index contributed by atoms with van der Waals surface area (Å²) in [4.78, 5) is 22.7. The molecule has 0 unspecified atom stereocenters. The van der Waals surface area contributed by atoms with E-state index in [2.05, 4.69) is 0 Å². The van der Waals surface area contributed by atoms with Crippen LogP contribution in [0.25, 0.3) is 0 Å². The Morgan fingerprint density at radius 3 is 2.07 bits per heavy atom. The molecule has 0 atom stereocenters. The van der Waals surface area contributed by atoms with Gasteiger partial charge in [0.05, 0.1) is 0 Å². The highest BCUT2D eigenvalue weighted by Gasteiger charge is 2.56. The summed E-state index contributed by atoms with van der Waals surface area (Å²) in [5.74, 6) is -1.36. The zero-order valence-electron chi connectivity index (χ0n) is 7.93. The topological polar surface area (TPSA) is 74.6 Å². The molecule has 0 amide bonds. The zero-order chi connectivity index (χ0) is 11.1. The van der Waals surface area contributed by atoms with Crippen molar-refractivity contribution < 1.29 is 19.8 Å². The van der Waals surface area contributed by atoms with Crippen LogP contribution in [-0.2, 0) is 4.79 Å². The highest BCUT2D eigenvalue weighted by atomic mass is 16.4. The van der Waals surface area contributed by atoms with Gasteiger partial charge in [-0.2, -0.15) is 0 Å². The first-order valence-electron chi connectivity index (χ1n) is 4.63. The van der Waals surface area contributed by atoms with Crippen molar-refractivity contribution in [1.29, 1.82) is 0 Å². The van der Waals surface area contributed by atoms with Crippen LogP contribution in [0.3, 0.4) is 0 Å². The predicted molar refractivity (Wildman–Crippen MR) is 51.7 cm³/mol. The Morgan fingerprint density at radius 1 is 1.13 bits per heavy atom. The van der Waals surface area contributed by atoms with E-state index in [-0.39, 0.29) is 11.5 Å². The number of rotatable bonds is 3. The van der Waals surface area contributed by atoms with Crippen molar-refractivity contribution in [2.75, 3.05) is 0 Å². The molecule has 1 aliphatic carbocycles. The van der Waals surface area contributed by atoms with Crippen molar-refractivity contribution in [2.24, 2.45) is 5.41 Å². The third kappa shape index (κ3) is 1.48. The van der Waals surface area contributed by atoms with Crippen LogP contribution in [0.2, 0.25) is 0 Å². The highest BCUT2D eigenvalue weighted by Crippen LogP contribution is 2.48. The number of aromatic hydroxyl groups is 1. The minimum Gasteiger partial charge on any atom is -0.508 e. The molecule has 1 fully saturated rings. The number of carboxylic acid groups (broad SMARTS) is 1. The molecule has 4 nitrogen and oxygen atoms in total. The van der Waals surface area contributed by atoms with Crippen LogP contribution in [0, 0.1) is 5.41 Å². The van der Waals surface area contributed by atoms with Crippen molar-refractivity contribution in [3.63, 3.8) is 0 Å². The van der Waals surface area contributed by atoms with Gasteiger partial charge in [0.15, 0.2) is 5.78 Å². The van der Waals surface area contributed by atoms with Crippen molar-refractivity contribution in [1.82, 2.24) is 0 Å². The maximum absolute atomic E-state index is 11.8. The van der Waals surface area contributed by atoms with Crippen molar-refractivity contribution in [2.45, 2.75) is 12.8 Å². The van der Waals surface area contributed by atoms with Crippen LogP contribution in [0.15, 0.2) is 24.3 Å². The zero-order valence-corrected chi connectivity index (χ0v) is 7.93. The van der Waals surface area contributed by atoms with Crippen molar-refractivity contribution in [3.8, 4) is 5.75 Å². The largest absolute Gasteiger partial charge is 0.508 e. The van der Waals surface area contributed by atoms with Gasteiger partial charge < -0.3 is 10.2 Å². The normalized spacial score (nSPS) is 17.1.